The van der Waals surface area contributed by atoms with Gasteiger partial charge in [-0.3, -0.25) is 9.59 Å². The first kappa shape index (κ1) is 15.3. The molecule has 2 rings (SSSR count). The van der Waals surface area contributed by atoms with Gasteiger partial charge in [0.25, 0.3) is 0 Å². The van der Waals surface area contributed by atoms with Crippen LogP contribution in [-0.2, 0) is 9.59 Å². The molecule has 108 valence electrons. The molecule has 1 heterocycles. The van der Waals surface area contributed by atoms with E-state index in [0.717, 1.165) is 17.9 Å². The van der Waals surface area contributed by atoms with E-state index < -0.39 is 11.9 Å². The number of benzene rings is 1. The molecular weight excluding hydrogens is 294 g/mol. The number of carbonyl (C=O) groups is 2. The molecule has 1 aromatic rings. The molecule has 2 N–H and O–H groups in total. The quantitative estimate of drug-likeness (QED) is 0.872. The lowest BCUT2D eigenvalue weighted by molar-refractivity contribution is -0.138. The Hall–Kier alpha value is -1.14. The van der Waals surface area contributed by atoms with Crippen molar-refractivity contribution in [2.24, 2.45) is 0 Å². The molecule has 1 aliphatic rings. The van der Waals surface area contributed by atoms with Crippen molar-refractivity contribution in [3.8, 4) is 0 Å². The highest BCUT2D eigenvalue weighted by atomic mass is 32.2. The Morgan fingerprint density at radius 1 is 1.25 bits per heavy atom. The summed E-state index contributed by atoms with van der Waals surface area (Å²) in [5, 5.41) is 12.1. The second-order valence-corrected chi connectivity index (χ2v) is 7.20. The summed E-state index contributed by atoms with van der Waals surface area (Å²) < 4.78 is -0.103. The van der Waals surface area contributed by atoms with Gasteiger partial charge >= 0.3 is 5.97 Å². The minimum atomic E-state index is -0.916. The Bertz CT molecular complexity index is 461. The topological polar surface area (TPSA) is 66.4 Å². The van der Waals surface area contributed by atoms with E-state index in [2.05, 4.69) is 5.32 Å². The highest BCUT2D eigenvalue weighted by Gasteiger charge is 2.25. The van der Waals surface area contributed by atoms with E-state index in [4.69, 9.17) is 0 Å². The van der Waals surface area contributed by atoms with Crippen LogP contribution in [0.5, 0.6) is 0 Å². The summed E-state index contributed by atoms with van der Waals surface area (Å²) in [5.41, 5.74) is 0.712. The lowest BCUT2D eigenvalue weighted by Crippen LogP contribution is -2.37. The van der Waals surface area contributed by atoms with Crippen molar-refractivity contribution in [3.63, 3.8) is 0 Å². The van der Waals surface area contributed by atoms with E-state index in [1.165, 1.54) is 0 Å². The fourth-order valence-corrected chi connectivity index (χ4v) is 4.62. The van der Waals surface area contributed by atoms with Crippen LogP contribution in [0.3, 0.4) is 0 Å². The molecule has 1 aromatic carbocycles. The number of carboxylic acid groups (broad SMARTS) is 1. The summed E-state index contributed by atoms with van der Waals surface area (Å²) in [7, 11) is 0. The number of carboxylic acids is 1. The molecule has 0 saturated carbocycles. The SMILES string of the molecule is O=C(NCC(C(=O)O)c1ccccc1)C1SCCCS1. The second-order valence-electron chi connectivity index (χ2n) is 4.47. The summed E-state index contributed by atoms with van der Waals surface area (Å²) in [6.07, 6.45) is 1.13. The van der Waals surface area contributed by atoms with Gasteiger partial charge in [0.1, 0.15) is 4.58 Å². The number of aliphatic carboxylic acids is 1. The maximum absolute atomic E-state index is 12.0. The molecule has 0 aliphatic carbocycles. The van der Waals surface area contributed by atoms with Gasteiger partial charge in [-0.15, -0.1) is 23.5 Å². The van der Waals surface area contributed by atoms with Crippen molar-refractivity contribution in [3.05, 3.63) is 35.9 Å². The molecule has 6 heteroatoms. The Kier molecular flexibility index (Phi) is 5.79. The molecular formula is C14H17NO3S2. The molecule has 1 unspecified atom stereocenters. The average Bonchev–Trinajstić information content (AvgIpc) is 2.49. The highest BCUT2D eigenvalue weighted by molar-refractivity contribution is 8.18. The van der Waals surface area contributed by atoms with E-state index in [0.29, 0.717) is 5.56 Å². The summed E-state index contributed by atoms with van der Waals surface area (Å²) in [4.78, 5) is 23.3. The smallest absolute Gasteiger partial charge is 0.312 e. The number of thioether (sulfide) groups is 2. The Labute approximate surface area is 126 Å². The lowest BCUT2D eigenvalue weighted by atomic mass is 9.99. The Morgan fingerprint density at radius 2 is 1.90 bits per heavy atom. The first-order valence-electron chi connectivity index (χ1n) is 6.47. The molecule has 0 aromatic heterocycles. The number of nitrogens with one attached hydrogen (secondary N) is 1. The first-order chi connectivity index (χ1) is 9.68. The number of carbonyl (C=O) groups excluding carboxylic acids is 1. The van der Waals surface area contributed by atoms with Crippen LogP contribution in [0.4, 0.5) is 0 Å². The largest absolute Gasteiger partial charge is 0.481 e. The first-order valence-corrected chi connectivity index (χ1v) is 8.57. The monoisotopic (exact) mass is 311 g/mol. The molecule has 1 atom stereocenters. The van der Waals surface area contributed by atoms with Gasteiger partial charge in [0, 0.05) is 6.54 Å². The third kappa shape index (κ3) is 4.18. The summed E-state index contributed by atoms with van der Waals surface area (Å²) >= 11 is 3.26. The molecule has 0 bridgehead atoms. The van der Waals surface area contributed by atoms with Crippen molar-refractivity contribution in [2.75, 3.05) is 18.1 Å². The minimum Gasteiger partial charge on any atom is -0.481 e. The number of hydrogen-bond donors (Lipinski definition) is 2. The van der Waals surface area contributed by atoms with Crippen LogP contribution in [0.1, 0.15) is 17.9 Å². The zero-order valence-electron chi connectivity index (χ0n) is 11.0. The molecule has 20 heavy (non-hydrogen) atoms. The Balaban J connectivity index is 1.92. The van der Waals surface area contributed by atoms with Crippen LogP contribution in [0.25, 0.3) is 0 Å². The molecule has 4 nitrogen and oxygen atoms in total. The van der Waals surface area contributed by atoms with Crippen LogP contribution in [0.2, 0.25) is 0 Å². The maximum atomic E-state index is 12.0. The molecule has 0 spiro atoms. The highest BCUT2D eigenvalue weighted by Crippen LogP contribution is 2.30. The van der Waals surface area contributed by atoms with Crippen LogP contribution in [0.15, 0.2) is 30.3 Å². The zero-order chi connectivity index (χ0) is 14.4. The third-order valence-corrected chi connectivity index (χ3v) is 5.92. The normalized spacial score (nSPS) is 17.4. The molecule has 0 radical (unpaired) electrons. The molecule has 1 aliphatic heterocycles. The van der Waals surface area contributed by atoms with E-state index >= 15 is 0 Å². The standard InChI is InChI=1S/C14H17NO3S2/c16-12(14-19-7-4-8-20-14)15-9-11(13(17)18)10-5-2-1-3-6-10/h1-3,5-6,11,14H,4,7-9H2,(H,15,16)(H,17,18). The number of hydrogen-bond acceptors (Lipinski definition) is 4. The van der Waals surface area contributed by atoms with Crippen molar-refractivity contribution < 1.29 is 14.7 Å². The molecule has 1 fully saturated rings. The van der Waals surface area contributed by atoms with Crippen molar-refractivity contribution >= 4 is 35.4 Å². The van der Waals surface area contributed by atoms with Gasteiger partial charge in [0.15, 0.2) is 0 Å². The second kappa shape index (κ2) is 7.59. The van der Waals surface area contributed by atoms with Gasteiger partial charge in [0.2, 0.25) is 5.91 Å². The predicted octanol–water partition coefficient (Wildman–Crippen LogP) is 2.17. The lowest BCUT2D eigenvalue weighted by Gasteiger charge is -2.21. The average molecular weight is 311 g/mol. The van der Waals surface area contributed by atoms with Crippen LogP contribution in [0, 0.1) is 0 Å². The van der Waals surface area contributed by atoms with Crippen LogP contribution < -0.4 is 5.32 Å². The zero-order valence-corrected chi connectivity index (χ0v) is 12.6. The molecule has 1 amide bonds. The van der Waals surface area contributed by atoms with Crippen LogP contribution >= 0.6 is 23.5 Å². The minimum absolute atomic E-state index is 0.0677. The van der Waals surface area contributed by atoms with E-state index in [9.17, 15) is 14.7 Å². The van der Waals surface area contributed by atoms with Crippen molar-refractivity contribution in [1.29, 1.82) is 0 Å². The van der Waals surface area contributed by atoms with Gasteiger partial charge in [-0.2, -0.15) is 0 Å². The summed E-state index contributed by atoms with van der Waals surface area (Å²) in [6.45, 7) is 0.135. The van der Waals surface area contributed by atoms with Gasteiger partial charge in [-0.1, -0.05) is 30.3 Å². The third-order valence-electron chi connectivity index (χ3n) is 3.02. The number of amides is 1. The van der Waals surface area contributed by atoms with Crippen LogP contribution in [-0.4, -0.2) is 39.6 Å². The molecule has 1 saturated heterocycles. The summed E-state index contributed by atoms with van der Waals surface area (Å²) in [5.74, 6) is 0.305. The predicted molar refractivity (Wildman–Crippen MR) is 83.1 cm³/mol. The fraction of sp³-hybridized carbons (Fsp3) is 0.429. The van der Waals surface area contributed by atoms with Crippen molar-refractivity contribution in [2.45, 2.75) is 16.9 Å². The van der Waals surface area contributed by atoms with Crippen molar-refractivity contribution in [1.82, 2.24) is 5.32 Å². The van der Waals surface area contributed by atoms with Gasteiger partial charge in [-0.25, -0.2) is 0 Å². The van der Waals surface area contributed by atoms with E-state index in [1.807, 2.05) is 6.07 Å². The fourth-order valence-electron chi connectivity index (χ4n) is 1.96. The van der Waals surface area contributed by atoms with Gasteiger partial charge < -0.3 is 10.4 Å². The van der Waals surface area contributed by atoms with E-state index in [1.54, 1.807) is 47.8 Å². The van der Waals surface area contributed by atoms with Gasteiger partial charge in [0.05, 0.1) is 5.92 Å². The summed E-state index contributed by atoms with van der Waals surface area (Å²) in [6, 6.07) is 9.00. The number of rotatable bonds is 5. The van der Waals surface area contributed by atoms with Gasteiger partial charge in [-0.05, 0) is 23.5 Å². The Morgan fingerprint density at radius 3 is 2.50 bits per heavy atom. The van der Waals surface area contributed by atoms with E-state index in [-0.39, 0.29) is 17.0 Å². The maximum Gasteiger partial charge on any atom is 0.312 e.